The maximum atomic E-state index is 13.8. The Kier molecular flexibility index (Phi) is 3.92. The van der Waals surface area contributed by atoms with E-state index in [1.54, 1.807) is 12.4 Å². The molecule has 1 aliphatic heterocycles. The quantitative estimate of drug-likeness (QED) is 0.867. The Morgan fingerprint density at radius 3 is 2.95 bits per heavy atom. The van der Waals surface area contributed by atoms with Gasteiger partial charge in [-0.2, -0.15) is 0 Å². The average Bonchev–Trinajstić information content (AvgIpc) is 2.91. The van der Waals surface area contributed by atoms with E-state index in [9.17, 15) is 8.78 Å². The largest absolute Gasteiger partial charge is 0.290 e. The highest BCUT2D eigenvalue weighted by Crippen LogP contribution is 2.32. The van der Waals surface area contributed by atoms with Gasteiger partial charge in [0.2, 0.25) is 0 Å². The van der Waals surface area contributed by atoms with Gasteiger partial charge in [0.25, 0.3) is 0 Å². The standard InChI is InChI=1S/C16H17F2N3/c1-11-8-19-9-15(20-11)16-3-2-6-21(16)10-12-7-13(17)4-5-14(12)18/h4-5,7-9,16H,2-3,6,10H2,1H3/t16-/m0/s1. The fraction of sp³-hybridized carbons (Fsp3) is 0.375. The van der Waals surface area contributed by atoms with Gasteiger partial charge in [0.1, 0.15) is 11.6 Å². The fourth-order valence-electron chi connectivity index (χ4n) is 2.88. The summed E-state index contributed by atoms with van der Waals surface area (Å²) in [5.74, 6) is -0.769. The molecule has 1 fully saturated rings. The van der Waals surface area contributed by atoms with E-state index in [-0.39, 0.29) is 11.9 Å². The smallest absolute Gasteiger partial charge is 0.127 e. The Balaban J connectivity index is 1.83. The van der Waals surface area contributed by atoms with E-state index in [1.165, 1.54) is 12.1 Å². The summed E-state index contributed by atoms with van der Waals surface area (Å²) >= 11 is 0. The van der Waals surface area contributed by atoms with Gasteiger partial charge in [0.05, 0.1) is 17.4 Å². The summed E-state index contributed by atoms with van der Waals surface area (Å²) in [6, 6.07) is 3.72. The van der Waals surface area contributed by atoms with Crippen molar-refractivity contribution >= 4 is 0 Å². The third-order valence-corrected chi connectivity index (χ3v) is 3.86. The first-order valence-electron chi connectivity index (χ1n) is 7.10. The molecule has 0 aliphatic carbocycles. The Hall–Kier alpha value is -1.88. The number of rotatable bonds is 3. The summed E-state index contributed by atoms with van der Waals surface area (Å²) in [6.45, 7) is 3.15. The lowest BCUT2D eigenvalue weighted by Crippen LogP contribution is -2.24. The van der Waals surface area contributed by atoms with Crippen molar-refractivity contribution in [1.29, 1.82) is 0 Å². The third-order valence-electron chi connectivity index (χ3n) is 3.86. The molecule has 0 N–H and O–H groups in total. The van der Waals surface area contributed by atoms with Crippen molar-refractivity contribution in [2.24, 2.45) is 0 Å². The van der Waals surface area contributed by atoms with Gasteiger partial charge in [-0.3, -0.25) is 14.9 Å². The Bertz CT molecular complexity index is 645. The molecule has 3 rings (SSSR count). The Morgan fingerprint density at radius 1 is 1.29 bits per heavy atom. The van der Waals surface area contributed by atoms with Crippen LogP contribution in [0.1, 0.15) is 35.8 Å². The average molecular weight is 289 g/mol. The highest BCUT2D eigenvalue weighted by molar-refractivity contribution is 5.19. The van der Waals surface area contributed by atoms with Crippen molar-refractivity contribution in [3.63, 3.8) is 0 Å². The summed E-state index contributed by atoms with van der Waals surface area (Å²) in [4.78, 5) is 10.8. The SMILES string of the molecule is Cc1cncc([C@@H]2CCCN2Cc2cc(F)ccc2F)n1. The van der Waals surface area contributed by atoms with E-state index in [0.29, 0.717) is 12.1 Å². The maximum absolute atomic E-state index is 13.8. The molecular formula is C16H17F2N3. The summed E-state index contributed by atoms with van der Waals surface area (Å²) in [7, 11) is 0. The molecule has 2 heterocycles. The first-order valence-corrected chi connectivity index (χ1v) is 7.10. The molecule has 0 radical (unpaired) electrons. The first kappa shape index (κ1) is 14.1. The van der Waals surface area contributed by atoms with E-state index < -0.39 is 5.82 Å². The zero-order valence-electron chi connectivity index (χ0n) is 11.9. The van der Waals surface area contributed by atoms with Gasteiger partial charge in [-0.1, -0.05) is 0 Å². The molecule has 1 aliphatic rings. The lowest BCUT2D eigenvalue weighted by atomic mass is 10.1. The molecule has 5 heteroatoms. The zero-order valence-corrected chi connectivity index (χ0v) is 11.9. The lowest BCUT2D eigenvalue weighted by Gasteiger charge is -2.24. The third kappa shape index (κ3) is 3.08. The second-order valence-electron chi connectivity index (χ2n) is 5.45. The molecule has 0 saturated carbocycles. The predicted molar refractivity (Wildman–Crippen MR) is 75.5 cm³/mol. The molecule has 1 aromatic carbocycles. The normalized spacial score (nSPS) is 19.1. The van der Waals surface area contributed by atoms with Crippen molar-refractivity contribution in [2.75, 3.05) is 6.54 Å². The number of hydrogen-bond acceptors (Lipinski definition) is 3. The minimum absolute atomic E-state index is 0.125. The number of hydrogen-bond donors (Lipinski definition) is 0. The number of halogens is 2. The highest BCUT2D eigenvalue weighted by atomic mass is 19.1. The molecule has 0 spiro atoms. The van der Waals surface area contributed by atoms with Crippen LogP contribution in [0.4, 0.5) is 8.78 Å². The number of nitrogens with zero attached hydrogens (tertiary/aromatic N) is 3. The molecule has 21 heavy (non-hydrogen) atoms. The van der Waals surface area contributed by atoms with Crippen molar-refractivity contribution in [3.05, 3.63) is 59.2 Å². The van der Waals surface area contributed by atoms with Crippen LogP contribution in [0.3, 0.4) is 0 Å². The molecule has 0 bridgehead atoms. The van der Waals surface area contributed by atoms with Crippen LogP contribution in [0.2, 0.25) is 0 Å². The fourth-order valence-corrected chi connectivity index (χ4v) is 2.88. The van der Waals surface area contributed by atoms with E-state index in [1.807, 2.05) is 6.92 Å². The number of aryl methyl sites for hydroxylation is 1. The van der Waals surface area contributed by atoms with E-state index in [0.717, 1.165) is 36.8 Å². The molecule has 2 aromatic rings. The van der Waals surface area contributed by atoms with Gasteiger partial charge < -0.3 is 0 Å². The predicted octanol–water partition coefficient (Wildman–Crippen LogP) is 3.40. The number of benzene rings is 1. The summed E-state index contributed by atoms with van der Waals surface area (Å²) in [5, 5.41) is 0. The topological polar surface area (TPSA) is 29.0 Å². The lowest BCUT2D eigenvalue weighted by molar-refractivity contribution is 0.240. The molecule has 1 atom stereocenters. The molecule has 0 amide bonds. The van der Waals surface area contributed by atoms with E-state index in [2.05, 4.69) is 14.9 Å². The Labute approximate surface area is 122 Å². The second kappa shape index (κ2) is 5.85. The molecule has 110 valence electrons. The van der Waals surface area contributed by atoms with Crippen LogP contribution in [0, 0.1) is 18.6 Å². The highest BCUT2D eigenvalue weighted by Gasteiger charge is 2.28. The van der Waals surface area contributed by atoms with Gasteiger partial charge in [-0.05, 0) is 44.5 Å². The van der Waals surface area contributed by atoms with Crippen molar-refractivity contribution in [2.45, 2.75) is 32.4 Å². The van der Waals surface area contributed by atoms with Gasteiger partial charge in [-0.25, -0.2) is 8.78 Å². The van der Waals surface area contributed by atoms with Crippen molar-refractivity contribution in [3.8, 4) is 0 Å². The minimum Gasteiger partial charge on any atom is -0.290 e. The summed E-state index contributed by atoms with van der Waals surface area (Å²) in [6.07, 6.45) is 5.47. The Morgan fingerprint density at radius 2 is 2.14 bits per heavy atom. The summed E-state index contributed by atoms with van der Waals surface area (Å²) in [5.41, 5.74) is 2.17. The number of aromatic nitrogens is 2. The van der Waals surface area contributed by atoms with Crippen LogP contribution < -0.4 is 0 Å². The van der Waals surface area contributed by atoms with Crippen LogP contribution in [0.5, 0.6) is 0 Å². The van der Waals surface area contributed by atoms with Gasteiger partial charge in [0, 0.05) is 24.5 Å². The zero-order chi connectivity index (χ0) is 14.8. The first-order chi connectivity index (χ1) is 10.1. The monoisotopic (exact) mass is 289 g/mol. The second-order valence-corrected chi connectivity index (χ2v) is 5.45. The van der Waals surface area contributed by atoms with Gasteiger partial charge in [-0.15, -0.1) is 0 Å². The van der Waals surface area contributed by atoms with Crippen LogP contribution in [-0.4, -0.2) is 21.4 Å². The molecular weight excluding hydrogens is 272 g/mol. The number of likely N-dealkylation sites (tertiary alicyclic amines) is 1. The van der Waals surface area contributed by atoms with Crippen LogP contribution in [0.15, 0.2) is 30.6 Å². The van der Waals surface area contributed by atoms with Crippen LogP contribution in [-0.2, 0) is 6.54 Å². The molecule has 1 saturated heterocycles. The van der Waals surface area contributed by atoms with Gasteiger partial charge >= 0.3 is 0 Å². The minimum atomic E-state index is -0.405. The van der Waals surface area contributed by atoms with E-state index in [4.69, 9.17) is 0 Å². The van der Waals surface area contributed by atoms with Gasteiger partial charge in [0.15, 0.2) is 0 Å². The van der Waals surface area contributed by atoms with Crippen LogP contribution in [0.25, 0.3) is 0 Å². The molecule has 1 aromatic heterocycles. The maximum Gasteiger partial charge on any atom is 0.127 e. The van der Waals surface area contributed by atoms with Crippen LogP contribution >= 0.6 is 0 Å². The molecule has 0 unspecified atom stereocenters. The van der Waals surface area contributed by atoms with Crippen molar-refractivity contribution < 1.29 is 8.78 Å². The summed E-state index contributed by atoms with van der Waals surface area (Å²) < 4.78 is 27.1. The van der Waals surface area contributed by atoms with E-state index >= 15 is 0 Å². The van der Waals surface area contributed by atoms with Crippen molar-refractivity contribution in [1.82, 2.24) is 14.9 Å². The molecule has 3 nitrogen and oxygen atoms in total.